The zero-order chi connectivity index (χ0) is 22.6. The second-order valence-electron chi connectivity index (χ2n) is 9.03. The van der Waals surface area contributed by atoms with Gasteiger partial charge in [0.05, 0.1) is 19.8 Å². The van der Waals surface area contributed by atoms with Crippen LogP contribution in [0.4, 0.5) is 4.39 Å². The van der Waals surface area contributed by atoms with E-state index in [0.29, 0.717) is 48.0 Å². The van der Waals surface area contributed by atoms with Crippen LogP contribution in [0.25, 0.3) is 11.1 Å². The lowest BCUT2D eigenvalue weighted by molar-refractivity contribution is -0.120. The van der Waals surface area contributed by atoms with Crippen molar-refractivity contribution < 1.29 is 23.3 Å². The summed E-state index contributed by atoms with van der Waals surface area (Å²) >= 11 is 0. The third kappa shape index (κ3) is 3.21. The number of ether oxygens (including phenoxy) is 4. The fourth-order valence-electron chi connectivity index (χ4n) is 4.47. The molecule has 1 atom stereocenters. The molecule has 2 aromatic carbocycles. The highest BCUT2D eigenvalue weighted by atomic mass is 19.1. The smallest absolute Gasteiger partial charge is 0.283 e. The maximum atomic E-state index is 15.3. The number of rotatable bonds is 4. The molecule has 4 heterocycles. The van der Waals surface area contributed by atoms with E-state index < -0.39 is 11.4 Å². The van der Waals surface area contributed by atoms with Crippen molar-refractivity contribution in [3.8, 4) is 28.4 Å². The molecular weight excluding hydrogens is 425 g/mol. The first kappa shape index (κ1) is 20.0. The first-order valence-corrected chi connectivity index (χ1v) is 10.7. The van der Waals surface area contributed by atoms with Crippen LogP contribution in [-0.2, 0) is 15.0 Å². The van der Waals surface area contributed by atoms with Gasteiger partial charge in [-0.1, -0.05) is 13.0 Å². The number of nitrogens with zero attached hydrogens (tertiary/aromatic N) is 2. The van der Waals surface area contributed by atoms with Gasteiger partial charge in [-0.2, -0.15) is 0 Å². The molecule has 6 rings (SSSR count). The minimum absolute atomic E-state index is 0.00249. The minimum atomic E-state index is -1.05. The largest absolute Gasteiger partial charge is 0.493 e. The van der Waals surface area contributed by atoms with E-state index in [1.54, 1.807) is 24.5 Å². The summed E-state index contributed by atoms with van der Waals surface area (Å²) in [7, 11) is 0. The van der Waals surface area contributed by atoms with E-state index >= 15 is 4.39 Å². The average molecular weight is 447 g/mol. The summed E-state index contributed by atoms with van der Waals surface area (Å²) < 4.78 is 38.3. The van der Waals surface area contributed by atoms with Crippen molar-refractivity contribution in [2.75, 3.05) is 26.4 Å². The molecule has 0 aliphatic carbocycles. The first-order chi connectivity index (χ1) is 16.0. The molecule has 33 heavy (non-hydrogen) atoms. The number of hydrogen-bond acceptors (Lipinski definition) is 7. The van der Waals surface area contributed by atoms with Crippen molar-refractivity contribution in [1.82, 2.24) is 4.98 Å². The number of amidine groups is 1. The first-order valence-electron chi connectivity index (χ1n) is 10.7. The van der Waals surface area contributed by atoms with Crippen molar-refractivity contribution in [1.29, 1.82) is 0 Å². The minimum Gasteiger partial charge on any atom is -0.493 e. The predicted molar refractivity (Wildman–Crippen MR) is 119 cm³/mol. The maximum Gasteiger partial charge on any atom is 0.283 e. The van der Waals surface area contributed by atoms with Crippen LogP contribution < -0.4 is 15.2 Å². The summed E-state index contributed by atoms with van der Waals surface area (Å²) in [5.41, 5.74) is 7.62. The molecule has 0 bridgehead atoms. The summed E-state index contributed by atoms with van der Waals surface area (Å²) in [5, 5.41) is 0. The standard InChI is InChI=1S/C25H22FN3O4/c1-24(11-30-12-24)13-31-17-4-5-21-18(9-17)25(14-32-23(27)29-25)19-7-16(8-20(26)22(19)33-21)15-3-2-6-28-10-15/h2-10H,11-14H2,1H3,(H2,27,29)/t25-/m0/s1. The Balaban J connectivity index is 1.46. The third-order valence-corrected chi connectivity index (χ3v) is 6.31. The highest BCUT2D eigenvalue weighted by Crippen LogP contribution is 2.53. The number of nitrogens with two attached hydrogens (primary N) is 1. The van der Waals surface area contributed by atoms with Crippen molar-refractivity contribution in [3.05, 3.63) is 71.8 Å². The molecule has 3 aliphatic rings. The van der Waals surface area contributed by atoms with E-state index in [1.165, 1.54) is 6.07 Å². The molecule has 2 N–H and O–H groups in total. The number of hydrogen-bond donors (Lipinski definition) is 1. The quantitative estimate of drug-likeness (QED) is 0.651. The third-order valence-electron chi connectivity index (χ3n) is 6.31. The number of aliphatic imine (C=N–C) groups is 1. The van der Waals surface area contributed by atoms with Crippen LogP contribution in [0, 0.1) is 11.2 Å². The van der Waals surface area contributed by atoms with Crippen LogP contribution in [0.1, 0.15) is 18.1 Å². The Morgan fingerprint density at radius 1 is 1.09 bits per heavy atom. The van der Waals surface area contributed by atoms with E-state index in [9.17, 15) is 0 Å². The number of fused-ring (bicyclic) bond motifs is 4. The molecule has 7 nitrogen and oxygen atoms in total. The monoisotopic (exact) mass is 447 g/mol. The normalized spacial score (nSPS) is 21.8. The van der Waals surface area contributed by atoms with Crippen LogP contribution in [-0.4, -0.2) is 37.4 Å². The average Bonchev–Trinajstić information content (AvgIpc) is 3.20. The zero-order valence-corrected chi connectivity index (χ0v) is 18.0. The van der Waals surface area contributed by atoms with Gasteiger partial charge in [-0.3, -0.25) is 4.98 Å². The number of halogens is 1. The van der Waals surface area contributed by atoms with Gasteiger partial charge < -0.3 is 24.7 Å². The molecule has 0 saturated carbocycles. The van der Waals surface area contributed by atoms with Crippen molar-refractivity contribution in [3.63, 3.8) is 0 Å². The summed E-state index contributed by atoms with van der Waals surface area (Å²) in [6, 6.07) is 12.5. The van der Waals surface area contributed by atoms with Gasteiger partial charge >= 0.3 is 0 Å². The lowest BCUT2D eigenvalue weighted by Crippen LogP contribution is -2.44. The van der Waals surface area contributed by atoms with Crippen LogP contribution >= 0.6 is 0 Å². The summed E-state index contributed by atoms with van der Waals surface area (Å²) in [6.07, 6.45) is 3.36. The molecular formula is C25H22FN3O4. The highest BCUT2D eigenvalue weighted by molar-refractivity contribution is 5.78. The highest BCUT2D eigenvalue weighted by Gasteiger charge is 2.48. The SMILES string of the molecule is CC1(COc2ccc3c(c2)[C@@]2(COC(N)=N2)c2cc(-c4cccnc4)cc(F)c2O3)COC1. The molecule has 168 valence electrons. The molecule has 1 aromatic heterocycles. The Morgan fingerprint density at radius 3 is 2.67 bits per heavy atom. The van der Waals surface area contributed by atoms with E-state index in [0.717, 1.165) is 5.56 Å². The fourth-order valence-corrected chi connectivity index (χ4v) is 4.47. The number of benzene rings is 2. The second-order valence-corrected chi connectivity index (χ2v) is 9.03. The van der Waals surface area contributed by atoms with Crippen molar-refractivity contribution in [2.24, 2.45) is 16.1 Å². The topological polar surface area (TPSA) is 88.2 Å². The molecule has 8 heteroatoms. The predicted octanol–water partition coefficient (Wildman–Crippen LogP) is 4.00. The lowest BCUT2D eigenvalue weighted by atomic mass is 9.80. The zero-order valence-electron chi connectivity index (χ0n) is 18.0. The summed E-state index contributed by atoms with van der Waals surface area (Å²) in [6.45, 7) is 4.12. The molecule has 3 aromatic rings. The van der Waals surface area contributed by atoms with Gasteiger partial charge in [0.25, 0.3) is 6.02 Å². The molecule has 1 fully saturated rings. The van der Waals surface area contributed by atoms with E-state index in [4.69, 9.17) is 24.7 Å². The Kier molecular flexibility index (Phi) is 4.35. The molecule has 0 unspecified atom stereocenters. The van der Waals surface area contributed by atoms with Gasteiger partial charge in [0.2, 0.25) is 0 Å². The van der Waals surface area contributed by atoms with E-state index in [1.807, 2.05) is 24.3 Å². The Morgan fingerprint density at radius 2 is 1.97 bits per heavy atom. The number of pyridine rings is 1. The molecule has 0 radical (unpaired) electrons. The second kappa shape index (κ2) is 7.18. The molecule has 1 saturated heterocycles. The van der Waals surface area contributed by atoms with Gasteiger partial charge in [-0.15, -0.1) is 0 Å². The fraction of sp³-hybridized carbons (Fsp3) is 0.280. The molecule has 0 amide bonds. The lowest BCUT2D eigenvalue weighted by Gasteiger charge is -2.38. The molecule has 3 aliphatic heterocycles. The Labute approximate surface area is 190 Å². The molecule has 1 spiro atoms. The maximum absolute atomic E-state index is 15.3. The van der Waals surface area contributed by atoms with Gasteiger partial charge in [0.15, 0.2) is 17.1 Å². The van der Waals surface area contributed by atoms with Crippen LogP contribution in [0.5, 0.6) is 17.2 Å². The summed E-state index contributed by atoms with van der Waals surface area (Å²) in [4.78, 5) is 8.80. The van der Waals surface area contributed by atoms with Gasteiger partial charge in [-0.25, -0.2) is 9.38 Å². The van der Waals surface area contributed by atoms with Crippen LogP contribution in [0.2, 0.25) is 0 Å². The Hall–Kier alpha value is -3.65. The van der Waals surface area contributed by atoms with E-state index in [-0.39, 0.29) is 23.8 Å². The van der Waals surface area contributed by atoms with Gasteiger partial charge in [0, 0.05) is 34.5 Å². The van der Waals surface area contributed by atoms with Crippen molar-refractivity contribution >= 4 is 6.02 Å². The van der Waals surface area contributed by atoms with Crippen LogP contribution in [0.3, 0.4) is 0 Å². The van der Waals surface area contributed by atoms with Crippen molar-refractivity contribution in [2.45, 2.75) is 12.5 Å². The Bertz CT molecular complexity index is 1280. The van der Waals surface area contributed by atoms with Gasteiger partial charge in [0.1, 0.15) is 18.1 Å². The van der Waals surface area contributed by atoms with Gasteiger partial charge in [-0.05, 0) is 42.0 Å². The summed E-state index contributed by atoms with van der Waals surface area (Å²) in [5.74, 6) is 0.779. The van der Waals surface area contributed by atoms with E-state index in [2.05, 4.69) is 16.9 Å². The van der Waals surface area contributed by atoms with Crippen LogP contribution in [0.15, 0.2) is 59.9 Å². The number of aromatic nitrogens is 1.